The van der Waals surface area contributed by atoms with E-state index in [1.807, 2.05) is 55.7 Å². The van der Waals surface area contributed by atoms with Crippen LogP contribution >= 0.6 is 0 Å². The van der Waals surface area contributed by atoms with E-state index in [0.717, 1.165) is 50.1 Å². The Morgan fingerprint density at radius 1 is 0.846 bits per heavy atom. The Hall–Kier alpha value is -3.19. The second-order valence-electron chi connectivity index (χ2n) is 10.3. The predicted molar refractivity (Wildman–Crippen MR) is 155 cm³/mol. The van der Waals surface area contributed by atoms with Crippen molar-refractivity contribution in [3.63, 3.8) is 0 Å². The van der Waals surface area contributed by atoms with Gasteiger partial charge in [-0.05, 0) is 37.7 Å². The average molecular weight is 754 g/mol. The van der Waals surface area contributed by atoms with Crippen LogP contribution in [-0.2, 0) is 20.1 Å². The smallest absolute Gasteiger partial charge is 0 e. The summed E-state index contributed by atoms with van der Waals surface area (Å²) in [6.07, 6.45) is 3.76. The van der Waals surface area contributed by atoms with Gasteiger partial charge in [0, 0.05) is 37.4 Å². The van der Waals surface area contributed by atoms with Crippen molar-refractivity contribution in [1.82, 2.24) is 15.0 Å². The van der Waals surface area contributed by atoms with Crippen LogP contribution in [0, 0.1) is 31.8 Å². The van der Waals surface area contributed by atoms with Gasteiger partial charge in [-0.15, -0.1) is 18.2 Å². The van der Waals surface area contributed by atoms with Crippen LogP contribution in [0.15, 0.2) is 83.5 Å². The second-order valence-corrected chi connectivity index (χ2v) is 21.0. The van der Waals surface area contributed by atoms with E-state index in [0.29, 0.717) is 5.71 Å². The van der Waals surface area contributed by atoms with E-state index in [-0.39, 0.29) is 25.9 Å². The van der Waals surface area contributed by atoms with E-state index >= 15 is 0 Å². The topological polar surface area (TPSA) is 51.8 Å². The molecule has 0 aliphatic heterocycles. The van der Waals surface area contributed by atoms with Gasteiger partial charge in [-0.1, -0.05) is 22.6 Å². The number of hydrogen-bond acceptors (Lipinski definition) is 4. The van der Waals surface area contributed by atoms with Gasteiger partial charge in [0.05, 0.1) is 5.58 Å². The molecule has 6 aromatic rings. The maximum atomic E-state index is 12.8. The van der Waals surface area contributed by atoms with Gasteiger partial charge in [0.15, 0.2) is 0 Å². The average Bonchev–Trinajstić information content (AvgIpc) is 3.27. The van der Waals surface area contributed by atoms with Crippen molar-refractivity contribution in [2.45, 2.75) is 31.1 Å². The zero-order valence-corrected chi connectivity index (χ0v) is 27.0. The summed E-state index contributed by atoms with van der Waals surface area (Å²) in [5, 5.41) is 2.08. The quantitative estimate of drug-likeness (QED) is 0.138. The fraction of sp³-hybridized carbons (Fsp3) is 0.156. The number of benzene rings is 2. The molecule has 4 nitrogen and oxygen atoms in total. The zero-order valence-electron chi connectivity index (χ0n) is 22.5. The molecule has 1 radical (unpaired) electrons. The molecule has 0 aliphatic rings. The van der Waals surface area contributed by atoms with Crippen molar-refractivity contribution >= 4 is 39.7 Å². The first-order chi connectivity index (χ1) is 18.2. The van der Waals surface area contributed by atoms with Crippen molar-refractivity contribution in [3.05, 3.63) is 108 Å². The van der Waals surface area contributed by atoms with Crippen molar-refractivity contribution in [3.8, 4) is 22.5 Å². The van der Waals surface area contributed by atoms with Crippen molar-refractivity contribution in [2.24, 2.45) is 0 Å². The Labute approximate surface area is 244 Å². The van der Waals surface area contributed by atoms with Crippen LogP contribution in [0.2, 0.25) is 17.3 Å². The monoisotopic (exact) mass is 756 g/mol. The molecule has 0 spiro atoms. The van der Waals surface area contributed by atoms with E-state index in [1.54, 1.807) is 6.07 Å². The molecule has 4 heterocycles. The van der Waals surface area contributed by atoms with Gasteiger partial charge in [0.2, 0.25) is 5.71 Å². The molecule has 0 aliphatic carbocycles. The van der Waals surface area contributed by atoms with Crippen LogP contribution in [0.4, 0.5) is 4.39 Å². The van der Waals surface area contributed by atoms with E-state index in [4.69, 9.17) is 4.42 Å². The first-order valence-electron chi connectivity index (χ1n) is 12.5. The van der Waals surface area contributed by atoms with Crippen LogP contribution in [0.3, 0.4) is 0 Å². The van der Waals surface area contributed by atoms with E-state index in [9.17, 15) is 4.39 Å². The minimum absolute atomic E-state index is 0. The molecule has 0 unspecified atom stereocenters. The standard InChI is InChI=1S/C18H13N2O.C14H15FGeN.Ir/c1-11-8-9-19-16(10-11)15-5-3-4-13-14-7-6-12(2)20-18(14)21-17(13)15;1-16(2,3)13-8-9-14(17-10-13)11-4-6-12(15)7-5-11;/h3-4,6-10H,1-2H3;4,6-10H,1-3H3;/q2*-1;. The molecular formula is C32H28FGeIrN3O-2. The summed E-state index contributed by atoms with van der Waals surface area (Å²) in [4.78, 5) is 13.3. The number of pyridine rings is 3. The molecule has 199 valence electrons. The summed E-state index contributed by atoms with van der Waals surface area (Å²) in [5.41, 5.74) is 7.00. The number of halogens is 1. The normalized spacial score (nSPS) is 11.1. The van der Waals surface area contributed by atoms with Crippen molar-refractivity contribution in [1.29, 1.82) is 0 Å². The molecule has 39 heavy (non-hydrogen) atoms. The first-order valence-corrected chi connectivity index (χ1v) is 19.8. The van der Waals surface area contributed by atoms with E-state index in [2.05, 4.69) is 63.4 Å². The molecule has 0 N–H and O–H groups in total. The maximum absolute atomic E-state index is 12.8. The number of rotatable bonds is 3. The third-order valence-electron chi connectivity index (χ3n) is 6.29. The van der Waals surface area contributed by atoms with Crippen LogP contribution < -0.4 is 4.40 Å². The molecular weight excluding hydrogens is 726 g/mol. The molecule has 0 fully saturated rings. The molecule has 0 saturated heterocycles. The number of hydrogen-bond donors (Lipinski definition) is 0. The third-order valence-corrected chi connectivity index (χ3v) is 10.5. The number of nitrogens with zero attached hydrogens (tertiary/aromatic N) is 3. The molecule has 2 aromatic carbocycles. The van der Waals surface area contributed by atoms with Gasteiger partial charge in [0.1, 0.15) is 0 Å². The fourth-order valence-electron chi connectivity index (χ4n) is 4.14. The molecule has 0 atom stereocenters. The predicted octanol–water partition coefficient (Wildman–Crippen LogP) is 7.69. The summed E-state index contributed by atoms with van der Waals surface area (Å²) >= 11 is -1.79. The Morgan fingerprint density at radius 2 is 1.67 bits per heavy atom. The van der Waals surface area contributed by atoms with Gasteiger partial charge >= 0.3 is 104 Å². The molecule has 4 aromatic heterocycles. The fourth-order valence-corrected chi connectivity index (χ4v) is 6.31. The Kier molecular flexibility index (Phi) is 8.80. The molecule has 6 rings (SSSR count). The van der Waals surface area contributed by atoms with Crippen LogP contribution in [0.25, 0.3) is 44.6 Å². The third kappa shape index (κ3) is 6.52. The SMILES string of the molecule is Cc1ccnc(-c2[c-]ccc3c2oc2nc(C)ccc23)c1.[CH3][Ge]([CH3])([CH3])[c]1ccc(-c2[c-]cc(F)cc2)nc1.[Ir]. The van der Waals surface area contributed by atoms with Gasteiger partial charge in [0.25, 0.3) is 0 Å². The van der Waals surface area contributed by atoms with Crippen molar-refractivity contribution in [2.75, 3.05) is 0 Å². The summed E-state index contributed by atoms with van der Waals surface area (Å²) in [6.45, 7) is 4.01. The molecule has 0 amide bonds. The zero-order chi connectivity index (χ0) is 26.9. The summed E-state index contributed by atoms with van der Waals surface area (Å²) in [7, 11) is 0. The molecule has 0 saturated carbocycles. The van der Waals surface area contributed by atoms with Crippen molar-refractivity contribution < 1.29 is 28.9 Å². The van der Waals surface area contributed by atoms with E-state index < -0.39 is 13.3 Å². The van der Waals surface area contributed by atoms with Gasteiger partial charge < -0.3 is 9.40 Å². The minimum atomic E-state index is -1.79. The van der Waals surface area contributed by atoms with Gasteiger partial charge in [-0.2, -0.15) is 0 Å². The maximum Gasteiger partial charge on any atom is 0 e. The minimum Gasteiger partial charge on any atom is 0 e. The van der Waals surface area contributed by atoms with Crippen LogP contribution in [0.1, 0.15) is 11.3 Å². The number of aryl methyl sites for hydroxylation is 2. The number of fused-ring (bicyclic) bond motifs is 3. The molecule has 0 bridgehead atoms. The summed E-state index contributed by atoms with van der Waals surface area (Å²) in [6, 6.07) is 26.7. The Bertz CT molecular complexity index is 1730. The van der Waals surface area contributed by atoms with Gasteiger partial charge in [-0.25, -0.2) is 4.98 Å². The molecule has 7 heteroatoms. The largest absolute Gasteiger partial charge is 0 e. The first kappa shape index (κ1) is 28.8. The Morgan fingerprint density at radius 3 is 2.33 bits per heavy atom. The summed E-state index contributed by atoms with van der Waals surface area (Å²) in [5.74, 6) is 6.73. The summed E-state index contributed by atoms with van der Waals surface area (Å²) < 4.78 is 20.1. The Balaban J connectivity index is 0.000000181. The van der Waals surface area contributed by atoms with Crippen LogP contribution in [-0.4, -0.2) is 28.2 Å². The number of aromatic nitrogens is 3. The van der Waals surface area contributed by atoms with Gasteiger partial charge in [-0.3, -0.25) is 0 Å². The van der Waals surface area contributed by atoms with Crippen LogP contribution in [0.5, 0.6) is 0 Å². The number of furan rings is 1. The van der Waals surface area contributed by atoms with E-state index in [1.165, 1.54) is 16.5 Å². The second kappa shape index (κ2) is 11.9.